The molecule has 0 saturated carbocycles. The van der Waals surface area contributed by atoms with Gasteiger partial charge in [-0.05, 0) is 6.07 Å². The van der Waals surface area contributed by atoms with Crippen LogP contribution in [0.4, 0.5) is 0 Å². The molecule has 0 aliphatic heterocycles. The molecule has 90 valence electrons. The Morgan fingerprint density at radius 3 is 2.76 bits per heavy atom. The van der Waals surface area contributed by atoms with E-state index in [9.17, 15) is 4.79 Å². The number of carbonyl (C=O) groups is 1. The van der Waals surface area contributed by atoms with E-state index in [1.807, 2.05) is 13.1 Å². The molecule has 0 spiro atoms. The van der Waals surface area contributed by atoms with Crippen LogP contribution >= 0.6 is 0 Å². The number of rotatable bonds is 4. The molecule has 2 rings (SSSR count). The second kappa shape index (κ2) is 4.50. The zero-order valence-electron chi connectivity index (χ0n) is 9.87. The predicted molar refractivity (Wildman–Crippen MR) is 62.1 cm³/mol. The third-order valence-electron chi connectivity index (χ3n) is 2.56. The molecular formula is C11H15N5O. The van der Waals surface area contributed by atoms with Crippen LogP contribution in [-0.4, -0.2) is 25.3 Å². The van der Waals surface area contributed by atoms with Gasteiger partial charge in [-0.1, -0.05) is 0 Å². The van der Waals surface area contributed by atoms with Crippen molar-refractivity contribution in [2.45, 2.75) is 12.5 Å². The lowest BCUT2D eigenvalue weighted by Gasteiger charge is -2.06. The average Bonchev–Trinajstić information content (AvgIpc) is 2.87. The number of hydrogen-bond acceptors (Lipinski definition) is 4. The zero-order valence-corrected chi connectivity index (χ0v) is 9.87. The van der Waals surface area contributed by atoms with E-state index in [0.29, 0.717) is 0 Å². The molecule has 1 unspecified atom stereocenters. The number of aryl methyl sites for hydroxylation is 2. The van der Waals surface area contributed by atoms with E-state index >= 15 is 0 Å². The number of nitrogens with zero attached hydrogens (tertiary/aromatic N) is 4. The molecule has 6 nitrogen and oxygen atoms in total. The highest BCUT2D eigenvalue weighted by molar-refractivity contribution is 5.86. The van der Waals surface area contributed by atoms with Crippen molar-refractivity contribution in [1.29, 1.82) is 0 Å². The second-order valence-electron chi connectivity index (χ2n) is 4.05. The SMILES string of the molecule is Cn1cc(C(N)C(=O)Cc2ccn(C)n2)cn1. The van der Waals surface area contributed by atoms with Gasteiger partial charge in [-0.2, -0.15) is 10.2 Å². The first-order chi connectivity index (χ1) is 8.06. The Balaban J connectivity index is 2.05. The van der Waals surface area contributed by atoms with Crippen LogP contribution in [0.1, 0.15) is 17.3 Å². The molecule has 0 amide bonds. The summed E-state index contributed by atoms with van der Waals surface area (Å²) in [5.41, 5.74) is 7.33. The minimum Gasteiger partial charge on any atom is -0.318 e. The van der Waals surface area contributed by atoms with Gasteiger partial charge in [-0.15, -0.1) is 0 Å². The topological polar surface area (TPSA) is 78.7 Å². The van der Waals surface area contributed by atoms with E-state index in [0.717, 1.165) is 11.3 Å². The van der Waals surface area contributed by atoms with Crippen LogP contribution in [0.3, 0.4) is 0 Å². The predicted octanol–water partition coefficient (Wildman–Crippen LogP) is -0.0348. The highest BCUT2D eigenvalue weighted by atomic mass is 16.1. The largest absolute Gasteiger partial charge is 0.318 e. The van der Waals surface area contributed by atoms with Gasteiger partial charge in [0, 0.05) is 32.1 Å². The smallest absolute Gasteiger partial charge is 0.160 e. The summed E-state index contributed by atoms with van der Waals surface area (Å²) in [5, 5.41) is 8.15. The first-order valence-electron chi connectivity index (χ1n) is 5.31. The van der Waals surface area contributed by atoms with Crippen LogP contribution < -0.4 is 5.73 Å². The molecule has 0 radical (unpaired) electrons. The van der Waals surface area contributed by atoms with E-state index < -0.39 is 6.04 Å². The van der Waals surface area contributed by atoms with Crippen molar-refractivity contribution in [3.8, 4) is 0 Å². The van der Waals surface area contributed by atoms with Crippen LogP contribution in [0.25, 0.3) is 0 Å². The highest BCUT2D eigenvalue weighted by Crippen LogP contribution is 2.12. The number of aromatic nitrogens is 4. The number of carbonyl (C=O) groups excluding carboxylic acids is 1. The Bertz CT molecular complexity index is 527. The van der Waals surface area contributed by atoms with E-state index in [4.69, 9.17) is 5.73 Å². The molecule has 17 heavy (non-hydrogen) atoms. The Morgan fingerprint density at radius 2 is 2.24 bits per heavy atom. The molecule has 2 N–H and O–H groups in total. The fourth-order valence-corrected chi connectivity index (χ4v) is 1.63. The van der Waals surface area contributed by atoms with Gasteiger partial charge in [0.25, 0.3) is 0 Å². The van der Waals surface area contributed by atoms with E-state index in [-0.39, 0.29) is 12.2 Å². The van der Waals surface area contributed by atoms with Crippen LogP contribution in [0.2, 0.25) is 0 Å². The molecule has 0 aliphatic carbocycles. The summed E-state index contributed by atoms with van der Waals surface area (Å²) in [7, 11) is 3.61. The fourth-order valence-electron chi connectivity index (χ4n) is 1.63. The van der Waals surface area contributed by atoms with Crippen LogP contribution in [0, 0.1) is 0 Å². The maximum Gasteiger partial charge on any atom is 0.160 e. The summed E-state index contributed by atoms with van der Waals surface area (Å²) in [6, 6.07) is 1.18. The lowest BCUT2D eigenvalue weighted by atomic mass is 10.0. The summed E-state index contributed by atoms with van der Waals surface area (Å²) in [4.78, 5) is 11.9. The molecular weight excluding hydrogens is 218 g/mol. The number of hydrogen-bond donors (Lipinski definition) is 1. The molecule has 0 aliphatic rings. The second-order valence-corrected chi connectivity index (χ2v) is 4.05. The molecule has 1 atom stereocenters. The molecule has 0 saturated heterocycles. The molecule has 2 heterocycles. The van der Waals surface area contributed by atoms with Gasteiger partial charge in [0.1, 0.15) is 0 Å². The van der Waals surface area contributed by atoms with Gasteiger partial charge in [0.2, 0.25) is 0 Å². The monoisotopic (exact) mass is 233 g/mol. The van der Waals surface area contributed by atoms with Crippen molar-refractivity contribution in [1.82, 2.24) is 19.6 Å². The van der Waals surface area contributed by atoms with E-state index in [1.165, 1.54) is 0 Å². The summed E-state index contributed by atoms with van der Waals surface area (Å²) >= 11 is 0. The van der Waals surface area contributed by atoms with Crippen molar-refractivity contribution in [2.75, 3.05) is 0 Å². The number of Topliss-reactive ketones (excluding diaryl/α,β-unsaturated/α-hetero) is 1. The first kappa shape index (κ1) is 11.5. The van der Waals surface area contributed by atoms with E-state index in [2.05, 4.69) is 10.2 Å². The number of nitrogens with two attached hydrogens (primary N) is 1. The highest BCUT2D eigenvalue weighted by Gasteiger charge is 2.18. The van der Waals surface area contributed by atoms with Gasteiger partial charge >= 0.3 is 0 Å². The molecule has 0 bridgehead atoms. The minimum absolute atomic E-state index is 0.0586. The van der Waals surface area contributed by atoms with E-state index in [1.54, 1.807) is 35.0 Å². The van der Waals surface area contributed by atoms with Crippen molar-refractivity contribution >= 4 is 5.78 Å². The molecule has 0 fully saturated rings. The summed E-state index contributed by atoms with van der Waals surface area (Å²) < 4.78 is 3.29. The van der Waals surface area contributed by atoms with Gasteiger partial charge in [0.05, 0.1) is 24.4 Å². The Morgan fingerprint density at radius 1 is 1.47 bits per heavy atom. The Kier molecular flexibility index (Phi) is 3.06. The zero-order chi connectivity index (χ0) is 12.4. The minimum atomic E-state index is -0.634. The first-order valence-corrected chi connectivity index (χ1v) is 5.31. The number of ketones is 1. The fraction of sp³-hybridized carbons (Fsp3) is 0.364. The molecule has 0 aromatic carbocycles. The summed E-state index contributed by atoms with van der Waals surface area (Å²) in [6.07, 6.45) is 5.41. The van der Waals surface area contributed by atoms with Crippen molar-refractivity contribution in [3.63, 3.8) is 0 Å². The standard InChI is InChI=1S/C11H15N5O/c1-15-4-3-9(14-15)5-10(17)11(12)8-6-13-16(2)7-8/h3-4,6-7,11H,5,12H2,1-2H3. The van der Waals surface area contributed by atoms with Crippen molar-refractivity contribution in [3.05, 3.63) is 35.9 Å². The lowest BCUT2D eigenvalue weighted by molar-refractivity contribution is -0.119. The third kappa shape index (κ3) is 2.59. The lowest BCUT2D eigenvalue weighted by Crippen LogP contribution is -2.23. The van der Waals surface area contributed by atoms with Crippen LogP contribution in [-0.2, 0) is 25.3 Å². The van der Waals surface area contributed by atoms with Gasteiger partial charge in [-0.3, -0.25) is 14.2 Å². The van der Waals surface area contributed by atoms with Crippen molar-refractivity contribution in [2.24, 2.45) is 19.8 Å². The molecule has 6 heteroatoms. The third-order valence-corrected chi connectivity index (χ3v) is 2.56. The maximum atomic E-state index is 11.9. The Labute approximate surface area is 99.0 Å². The van der Waals surface area contributed by atoms with Gasteiger partial charge < -0.3 is 5.73 Å². The summed E-state index contributed by atoms with van der Waals surface area (Å²) in [6.45, 7) is 0. The average molecular weight is 233 g/mol. The van der Waals surface area contributed by atoms with Gasteiger partial charge in [-0.25, -0.2) is 0 Å². The quantitative estimate of drug-likeness (QED) is 0.804. The summed E-state index contributed by atoms with van der Waals surface area (Å²) in [5.74, 6) is -0.0586. The van der Waals surface area contributed by atoms with Crippen LogP contribution in [0.5, 0.6) is 0 Å². The van der Waals surface area contributed by atoms with Crippen molar-refractivity contribution < 1.29 is 4.79 Å². The molecule has 2 aromatic rings. The normalized spacial score (nSPS) is 12.6. The van der Waals surface area contributed by atoms with Gasteiger partial charge in [0.15, 0.2) is 5.78 Å². The maximum absolute atomic E-state index is 11.9. The van der Waals surface area contributed by atoms with Crippen LogP contribution in [0.15, 0.2) is 24.7 Å². The molecule has 2 aromatic heterocycles. The Hall–Kier alpha value is -1.95.